The Hall–Kier alpha value is -1.86. The van der Waals surface area contributed by atoms with Gasteiger partial charge in [-0.25, -0.2) is 9.59 Å². The number of ether oxygens (including phenoxy) is 3. The van der Waals surface area contributed by atoms with Crippen molar-refractivity contribution in [1.82, 2.24) is 5.32 Å². The Morgan fingerprint density at radius 3 is 2.81 bits per heavy atom. The summed E-state index contributed by atoms with van der Waals surface area (Å²) in [7, 11) is 0. The molecule has 0 aromatic heterocycles. The number of hydrogen-bond donors (Lipinski definition) is 2. The fourth-order valence-electron chi connectivity index (χ4n) is 3.69. The maximum absolute atomic E-state index is 12.2. The number of carbonyl (C=O) groups is 2. The lowest BCUT2D eigenvalue weighted by atomic mass is 9.91. The molecule has 144 valence electrons. The largest absolute Gasteiger partial charge is 0.459 e. The molecule has 2 fully saturated rings. The average Bonchev–Trinajstić information content (AvgIpc) is 3.00. The van der Waals surface area contributed by atoms with Gasteiger partial charge in [0.1, 0.15) is 18.8 Å². The number of hydrogen-bond acceptors (Lipinski definition) is 6. The van der Waals surface area contributed by atoms with Crippen molar-refractivity contribution in [3.05, 3.63) is 23.8 Å². The smallest absolute Gasteiger partial charge is 0.407 e. The molecule has 7 nitrogen and oxygen atoms in total. The van der Waals surface area contributed by atoms with Crippen molar-refractivity contribution >= 4 is 12.1 Å². The monoisotopic (exact) mass is 365 g/mol. The minimum absolute atomic E-state index is 0.0322. The molecule has 0 saturated carbocycles. The summed E-state index contributed by atoms with van der Waals surface area (Å²) in [4.78, 5) is 23.6. The number of alkyl carbamates (subject to hydrolysis) is 1. The first-order valence-electron chi connectivity index (χ1n) is 9.31. The van der Waals surface area contributed by atoms with Gasteiger partial charge in [-0.1, -0.05) is 17.7 Å². The Labute approximate surface area is 153 Å². The standard InChI is InChI=1S/C19H27NO6/c1-13-7-5-3-2-4-6-8-14-10-15(25-17(21)9-13)11-19(23,26-14)16-12-24-18(22)20-16/h2-3,9,14-16,23H,4-8,10-12H2,1H3,(H,20,22)/b3-2-,13-9-/t14?,15-,16+,19-/m1/s1. The van der Waals surface area contributed by atoms with E-state index in [9.17, 15) is 14.7 Å². The third kappa shape index (κ3) is 4.86. The molecule has 0 radical (unpaired) electrons. The van der Waals surface area contributed by atoms with Gasteiger partial charge >= 0.3 is 12.1 Å². The number of carbonyl (C=O) groups excluding carboxylic acids is 2. The Morgan fingerprint density at radius 1 is 1.23 bits per heavy atom. The SMILES string of the molecule is C/C1=C/C(=O)O[C@@H]2CC(CCC/C=C\CC1)O[C@@](O)([C@@H]1COC(=O)N1)C2. The van der Waals surface area contributed by atoms with Crippen LogP contribution in [0.4, 0.5) is 4.79 Å². The zero-order valence-electron chi connectivity index (χ0n) is 15.1. The number of allylic oxidation sites excluding steroid dienone is 3. The van der Waals surface area contributed by atoms with Crippen LogP contribution >= 0.6 is 0 Å². The number of rotatable bonds is 1. The molecule has 0 spiro atoms. The summed E-state index contributed by atoms with van der Waals surface area (Å²) in [5.74, 6) is -2.01. The van der Waals surface area contributed by atoms with Crippen LogP contribution in [-0.2, 0) is 19.0 Å². The molecule has 1 unspecified atom stereocenters. The predicted molar refractivity (Wildman–Crippen MR) is 93.2 cm³/mol. The lowest BCUT2D eigenvalue weighted by molar-refractivity contribution is -0.286. The highest BCUT2D eigenvalue weighted by molar-refractivity contribution is 5.82. The maximum atomic E-state index is 12.2. The molecule has 2 bridgehead atoms. The van der Waals surface area contributed by atoms with Gasteiger partial charge in [0.05, 0.1) is 6.10 Å². The fourth-order valence-corrected chi connectivity index (χ4v) is 3.69. The third-order valence-corrected chi connectivity index (χ3v) is 5.05. The van der Waals surface area contributed by atoms with Crippen LogP contribution in [0.2, 0.25) is 0 Å². The minimum Gasteiger partial charge on any atom is -0.459 e. The minimum atomic E-state index is -1.61. The molecular weight excluding hydrogens is 338 g/mol. The van der Waals surface area contributed by atoms with Crippen molar-refractivity contribution < 1.29 is 28.9 Å². The van der Waals surface area contributed by atoms with Crippen molar-refractivity contribution in [2.45, 2.75) is 75.9 Å². The van der Waals surface area contributed by atoms with E-state index < -0.39 is 30.0 Å². The van der Waals surface area contributed by atoms with Crippen molar-refractivity contribution in [1.29, 1.82) is 0 Å². The van der Waals surface area contributed by atoms with Gasteiger partial charge in [0.25, 0.3) is 0 Å². The van der Waals surface area contributed by atoms with Crippen LogP contribution in [0.5, 0.6) is 0 Å². The number of fused-ring (bicyclic) bond motifs is 2. The molecule has 3 aliphatic heterocycles. The summed E-state index contributed by atoms with van der Waals surface area (Å²) in [6, 6.07) is -0.671. The zero-order chi connectivity index (χ0) is 18.6. The molecule has 2 N–H and O–H groups in total. The number of aliphatic hydroxyl groups is 1. The van der Waals surface area contributed by atoms with Crippen molar-refractivity contribution in [3.8, 4) is 0 Å². The Morgan fingerprint density at radius 2 is 2.04 bits per heavy atom. The van der Waals surface area contributed by atoms with Gasteiger partial charge in [0.2, 0.25) is 0 Å². The van der Waals surface area contributed by atoms with E-state index in [1.54, 1.807) is 0 Å². The molecule has 4 atom stereocenters. The second kappa shape index (κ2) is 8.22. The quantitative estimate of drug-likeness (QED) is 0.547. The summed E-state index contributed by atoms with van der Waals surface area (Å²) in [5, 5.41) is 13.6. The fraction of sp³-hybridized carbons (Fsp3) is 0.684. The van der Waals surface area contributed by atoms with Crippen molar-refractivity contribution in [2.24, 2.45) is 0 Å². The van der Waals surface area contributed by atoms with Gasteiger partial charge < -0.3 is 24.6 Å². The summed E-state index contributed by atoms with van der Waals surface area (Å²) < 4.78 is 16.4. The molecule has 3 rings (SSSR count). The first-order valence-corrected chi connectivity index (χ1v) is 9.31. The molecule has 7 heteroatoms. The Bertz CT molecular complexity index is 601. The molecule has 1 amide bonds. The van der Waals surface area contributed by atoms with Crippen LogP contribution in [0, 0.1) is 0 Å². The second-order valence-corrected chi connectivity index (χ2v) is 7.31. The highest BCUT2D eigenvalue weighted by Crippen LogP contribution is 2.35. The number of cyclic esters (lactones) is 1. The molecule has 0 aromatic rings. The van der Waals surface area contributed by atoms with Crippen LogP contribution in [0.15, 0.2) is 23.8 Å². The lowest BCUT2D eigenvalue weighted by Crippen LogP contribution is -2.58. The highest BCUT2D eigenvalue weighted by Gasteiger charge is 2.50. The molecule has 0 aliphatic carbocycles. The molecular formula is C19H27NO6. The highest BCUT2D eigenvalue weighted by atomic mass is 16.6. The van der Waals surface area contributed by atoms with Gasteiger partial charge in [-0.15, -0.1) is 0 Å². The average molecular weight is 365 g/mol. The van der Waals surface area contributed by atoms with Crippen LogP contribution in [0.25, 0.3) is 0 Å². The summed E-state index contributed by atoms with van der Waals surface area (Å²) in [5.41, 5.74) is 0.965. The van der Waals surface area contributed by atoms with Crippen LogP contribution in [0.3, 0.4) is 0 Å². The Balaban J connectivity index is 1.76. The van der Waals surface area contributed by atoms with Gasteiger partial charge in [0.15, 0.2) is 5.79 Å². The van der Waals surface area contributed by atoms with E-state index >= 15 is 0 Å². The molecule has 3 heterocycles. The summed E-state index contributed by atoms with van der Waals surface area (Å²) in [6.07, 6.45) is 9.47. The first kappa shape index (κ1) is 18.9. The van der Waals surface area contributed by atoms with E-state index in [4.69, 9.17) is 14.2 Å². The van der Waals surface area contributed by atoms with Gasteiger partial charge in [-0.05, 0) is 39.0 Å². The summed E-state index contributed by atoms with van der Waals surface area (Å²) in [6.45, 7) is 1.94. The van der Waals surface area contributed by atoms with E-state index in [0.717, 1.165) is 37.7 Å². The molecule has 26 heavy (non-hydrogen) atoms. The van der Waals surface area contributed by atoms with Gasteiger partial charge in [-0.2, -0.15) is 0 Å². The first-order chi connectivity index (χ1) is 12.4. The van der Waals surface area contributed by atoms with Crippen LogP contribution in [0.1, 0.15) is 51.9 Å². The van der Waals surface area contributed by atoms with Crippen molar-refractivity contribution in [3.63, 3.8) is 0 Å². The van der Waals surface area contributed by atoms with E-state index in [1.807, 2.05) is 6.92 Å². The second-order valence-electron chi connectivity index (χ2n) is 7.31. The number of amides is 1. The maximum Gasteiger partial charge on any atom is 0.407 e. The number of esters is 1. The lowest BCUT2D eigenvalue weighted by Gasteiger charge is -2.43. The topological polar surface area (TPSA) is 94.1 Å². The van der Waals surface area contributed by atoms with E-state index in [-0.39, 0.29) is 19.1 Å². The predicted octanol–water partition coefficient (Wildman–Crippen LogP) is 2.34. The zero-order valence-corrected chi connectivity index (χ0v) is 15.1. The van der Waals surface area contributed by atoms with Crippen molar-refractivity contribution in [2.75, 3.05) is 6.61 Å². The summed E-state index contributed by atoms with van der Waals surface area (Å²) >= 11 is 0. The van der Waals surface area contributed by atoms with E-state index in [2.05, 4.69) is 17.5 Å². The van der Waals surface area contributed by atoms with Crippen LogP contribution in [-0.4, -0.2) is 47.8 Å². The Kier molecular flexibility index (Phi) is 5.98. The van der Waals surface area contributed by atoms with Gasteiger partial charge in [0, 0.05) is 18.9 Å². The normalized spacial score (nSPS) is 39.6. The third-order valence-electron chi connectivity index (χ3n) is 5.05. The van der Waals surface area contributed by atoms with E-state index in [1.165, 1.54) is 6.08 Å². The van der Waals surface area contributed by atoms with Gasteiger partial charge in [-0.3, -0.25) is 0 Å². The molecule has 0 aromatic carbocycles. The molecule has 2 saturated heterocycles. The van der Waals surface area contributed by atoms with Crippen LogP contribution < -0.4 is 5.32 Å². The van der Waals surface area contributed by atoms with E-state index in [0.29, 0.717) is 6.42 Å². The number of nitrogens with one attached hydrogen (secondary N) is 1. The molecule has 3 aliphatic rings.